The Kier molecular flexibility index (Phi) is 8.59. The van der Waals surface area contributed by atoms with Gasteiger partial charge in [0.15, 0.2) is 0 Å². The monoisotopic (exact) mass is 646 g/mol. The largest absolute Gasteiger partial charge is 0.497 e. The Labute approximate surface area is 256 Å². The van der Waals surface area contributed by atoms with Crippen LogP contribution in [0.25, 0.3) is 41.6 Å². The molecule has 44 heavy (non-hydrogen) atoms. The number of aromatic nitrogens is 2. The van der Waals surface area contributed by atoms with Crippen molar-refractivity contribution in [2.45, 2.75) is 26.2 Å². The lowest BCUT2D eigenvalue weighted by Crippen LogP contribution is -2.03. The van der Waals surface area contributed by atoms with E-state index in [2.05, 4.69) is 9.97 Å². The third-order valence-electron chi connectivity index (χ3n) is 6.68. The number of aryl methyl sites for hydroxylation is 2. The minimum absolute atomic E-state index is 0.317. The van der Waals surface area contributed by atoms with Gasteiger partial charge in [0.2, 0.25) is 0 Å². The van der Waals surface area contributed by atoms with Crippen molar-refractivity contribution in [2.75, 3.05) is 14.2 Å². The molecule has 0 N–H and O–H groups in total. The summed E-state index contributed by atoms with van der Waals surface area (Å²) in [6.45, 7) is 3.99. The minimum Gasteiger partial charge on any atom is -0.497 e. The van der Waals surface area contributed by atoms with Crippen LogP contribution in [0.2, 0.25) is 0 Å². The number of benzene rings is 4. The van der Waals surface area contributed by atoms with Crippen LogP contribution in [0.4, 0.5) is 26.3 Å². The number of rotatable bonds is 4. The molecule has 4 aromatic carbocycles. The molecule has 0 saturated carbocycles. The lowest BCUT2D eigenvalue weighted by atomic mass is 10.1. The number of nitrogens with zero attached hydrogens (tertiary/aromatic N) is 2. The number of thiazole rings is 2. The highest BCUT2D eigenvalue weighted by molar-refractivity contribution is 7.22. The van der Waals surface area contributed by atoms with Crippen LogP contribution in [0.5, 0.6) is 11.5 Å². The first-order valence-corrected chi connectivity index (χ1v) is 14.7. The van der Waals surface area contributed by atoms with E-state index in [0.29, 0.717) is 37.8 Å². The third kappa shape index (κ3) is 6.66. The second-order valence-electron chi connectivity index (χ2n) is 9.78. The molecule has 228 valence electrons. The summed E-state index contributed by atoms with van der Waals surface area (Å²) >= 11 is 2.72. The molecular formula is C32H24F6N2O2S2. The number of fused-ring (bicyclic) bond motifs is 2. The van der Waals surface area contributed by atoms with Crippen molar-refractivity contribution >= 4 is 43.1 Å². The zero-order valence-electron chi connectivity index (χ0n) is 23.7. The van der Waals surface area contributed by atoms with Crippen LogP contribution < -0.4 is 9.47 Å². The van der Waals surface area contributed by atoms with E-state index < -0.39 is 23.5 Å². The first-order chi connectivity index (χ1) is 20.8. The van der Waals surface area contributed by atoms with E-state index in [1.807, 2.05) is 32.0 Å². The summed E-state index contributed by atoms with van der Waals surface area (Å²) in [4.78, 5) is 8.69. The molecule has 0 aliphatic heterocycles. The molecule has 0 aliphatic rings. The standard InChI is InChI=1S/C16H12F3NO2S.C16H12F3NS/c1-21-10-4-5-11(13(8-10)22-2)15-20-12-7-9(16(17,18)19)3-6-14(12)23-15;1-9-3-5-12(10(2)7-9)15-20-13-8-11(16(17,18)19)4-6-14(13)21-15/h3-8H,1-2H3;3-8H,1-2H3. The first-order valence-electron chi connectivity index (χ1n) is 13.0. The Bertz CT molecular complexity index is 1960. The molecular weight excluding hydrogens is 622 g/mol. The molecule has 6 rings (SSSR count). The summed E-state index contributed by atoms with van der Waals surface area (Å²) in [5.41, 5.74) is 3.25. The summed E-state index contributed by atoms with van der Waals surface area (Å²) < 4.78 is 88.5. The molecule has 0 spiro atoms. The average Bonchev–Trinajstić information content (AvgIpc) is 3.59. The Morgan fingerprint density at radius 2 is 1.11 bits per heavy atom. The minimum atomic E-state index is -4.38. The Morgan fingerprint density at radius 3 is 1.59 bits per heavy atom. The Morgan fingerprint density at radius 1 is 0.591 bits per heavy atom. The molecule has 0 bridgehead atoms. The second kappa shape index (κ2) is 12.1. The van der Waals surface area contributed by atoms with Gasteiger partial charge in [0.25, 0.3) is 0 Å². The zero-order chi connectivity index (χ0) is 31.8. The van der Waals surface area contributed by atoms with Crippen LogP contribution in [0.15, 0.2) is 72.8 Å². The van der Waals surface area contributed by atoms with E-state index in [9.17, 15) is 26.3 Å². The van der Waals surface area contributed by atoms with Crippen molar-refractivity contribution in [1.82, 2.24) is 9.97 Å². The van der Waals surface area contributed by atoms with Gasteiger partial charge in [-0.25, -0.2) is 9.97 Å². The third-order valence-corrected chi connectivity index (χ3v) is 8.82. The van der Waals surface area contributed by atoms with E-state index in [0.717, 1.165) is 50.7 Å². The van der Waals surface area contributed by atoms with Crippen LogP contribution in [0.3, 0.4) is 0 Å². The molecule has 6 aromatic rings. The van der Waals surface area contributed by atoms with Gasteiger partial charge in [0.05, 0.1) is 51.3 Å². The van der Waals surface area contributed by atoms with Gasteiger partial charge in [-0.05, 0) is 67.9 Å². The predicted molar refractivity (Wildman–Crippen MR) is 163 cm³/mol. The number of hydrogen-bond acceptors (Lipinski definition) is 6. The summed E-state index contributed by atoms with van der Waals surface area (Å²) in [6, 6.07) is 18.5. The summed E-state index contributed by atoms with van der Waals surface area (Å²) in [7, 11) is 3.07. The highest BCUT2D eigenvalue weighted by Crippen LogP contribution is 2.40. The fourth-order valence-corrected chi connectivity index (χ4v) is 6.48. The maximum atomic E-state index is 12.8. The highest BCUT2D eigenvalue weighted by Gasteiger charge is 2.31. The van der Waals surface area contributed by atoms with Crippen molar-refractivity contribution < 1.29 is 35.8 Å². The quantitative estimate of drug-likeness (QED) is 0.179. The number of halogens is 6. The topological polar surface area (TPSA) is 44.2 Å². The lowest BCUT2D eigenvalue weighted by Gasteiger charge is -2.07. The molecule has 0 aliphatic carbocycles. The van der Waals surface area contributed by atoms with E-state index in [4.69, 9.17) is 9.47 Å². The van der Waals surface area contributed by atoms with Crippen LogP contribution in [0.1, 0.15) is 22.3 Å². The highest BCUT2D eigenvalue weighted by atomic mass is 32.1. The second-order valence-corrected chi connectivity index (χ2v) is 11.8. The SMILES string of the molecule is COc1ccc(-c2nc3cc(C(F)(F)F)ccc3s2)c(OC)c1.Cc1ccc(-c2nc3cc(C(F)(F)F)ccc3s2)c(C)c1. The van der Waals surface area contributed by atoms with Crippen LogP contribution in [0, 0.1) is 13.8 Å². The van der Waals surface area contributed by atoms with Gasteiger partial charge in [-0.1, -0.05) is 23.8 Å². The molecule has 0 saturated heterocycles. The molecule has 4 nitrogen and oxygen atoms in total. The molecule has 0 radical (unpaired) electrons. The molecule has 12 heteroatoms. The van der Waals surface area contributed by atoms with Gasteiger partial charge in [-0.3, -0.25) is 0 Å². The van der Waals surface area contributed by atoms with E-state index >= 15 is 0 Å². The van der Waals surface area contributed by atoms with Crippen molar-refractivity contribution in [3.63, 3.8) is 0 Å². The molecule has 0 fully saturated rings. The number of methoxy groups -OCH3 is 2. The number of ether oxygens (including phenoxy) is 2. The predicted octanol–water partition coefficient (Wildman–Crippen LogP) is 10.6. The van der Waals surface area contributed by atoms with Gasteiger partial charge in [-0.2, -0.15) is 26.3 Å². The van der Waals surface area contributed by atoms with Crippen molar-refractivity contribution in [1.29, 1.82) is 0 Å². The van der Waals surface area contributed by atoms with Crippen molar-refractivity contribution in [3.05, 3.63) is 95.1 Å². The summed E-state index contributed by atoms with van der Waals surface area (Å²) in [5.74, 6) is 1.19. The molecule has 0 atom stereocenters. The fraction of sp³-hybridized carbons (Fsp3) is 0.188. The van der Waals surface area contributed by atoms with Gasteiger partial charge < -0.3 is 9.47 Å². The molecule has 2 aromatic heterocycles. The summed E-state index contributed by atoms with van der Waals surface area (Å²) in [6.07, 6.45) is -8.71. The normalized spacial score (nSPS) is 11.9. The van der Waals surface area contributed by atoms with Gasteiger partial charge >= 0.3 is 12.4 Å². The van der Waals surface area contributed by atoms with E-state index in [1.54, 1.807) is 25.3 Å². The van der Waals surface area contributed by atoms with Gasteiger partial charge in [0.1, 0.15) is 21.5 Å². The maximum absolute atomic E-state index is 12.8. The fourth-order valence-electron chi connectivity index (χ4n) is 4.47. The zero-order valence-corrected chi connectivity index (χ0v) is 25.4. The smallest absolute Gasteiger partial charge is 0.416 e. The number of alkyl halides is 6. The van der Waals surface area contributed by atoms with Gasteiger partial charge in [-0.15, -0.1) is 22.7 Å². The van der Waals surface area contributed by atoms with E-state index in [-0.39, 0.29) is 0 Å². The number of hydrogen-bond donors (Lipinski definition) is 0. The van der Waals surface area contributed by atoms with Crippen LogP contribution in [-0.4, -0.2) is 24.2 Å². The van der Waals surface area contributed by atoms with Crippen molar-refractivity contribution in [3.8, 4) is 32.6 Å². The Balaban J connectivity index is 0.000000175. The molecule has 0 unspecified atom stereocenters. The van der Waals surface area contributed by atoms with E-state index in [1.165, 1.54) is 41.9 Å². The van der Waals surface area contributed by atoms with Crippen molar-refractivity contribution in [2.24, 2.45) is 0 Å². The van der Waals surface area contributed by atoms with Crippen LogP contribution in [-0.2, 0) is 12.4 Å². The molecule has 0 amide bonds. The lowest BCUT2D eigenvalue weighted by molar-refractivity contribution is -0.138. The Hall–Kier alpha value is -4.16. The van der Waals surface area contributed by atoms with Crippen LogP contribution >= 0.6 is 22.7 Å². The summed E-state index contributed by atoms with van der Waals surface area (Å²) in [5, 5.41) is 1.35. The van der Waals surface area contributed by atoms with Gasteiger partial charge in [0, 0.05) is 11.6 Å². The first kappa shape index (κ1) is 31.3. The average molecular weight is 647 g/mol. The maximum Gasteiger partial charge on any atom is 0.416 e. The molecule has 2 heterocycles.